The molecule has 2 aromatic heterocycles. The van der Waals surface area contributed by atoms with Crippen molar-refractivity contribution in [3.05, 3.63) is 62.8 Å². The van der Waals surface area contributed by atoms with Crippen molar-refractivity contribution in [1.82, 2.24) is 9.55 Å². The fraction of sp³-hybridized carbons (Fsp3) is 0.348. The molecule has 0 saturated heterocycles. The van der Waals surface area contributed by atoms with Crippen LogP contribution >= 0.6 is 23.1 Å². The van der Waals surface area contributed by atoms with Crippen molar-refractivity contribution in [3.8, 4) is 0 Å². The van der Waals surface area contributed by atoms with Gasteiger partial charge in [-0.15, -0.1) is 17.9 Å². The monoisotopic (exact) mass is 441 g/mol. The Balaban J connectivity index is 1.87. The molecule has 3 aromatic rings. The lowest BCUT2D eigenvalue weighted by atomic mass is 10.0. The molecule has 3 rings (SSSR count). The molecule has 0 aliphatic rings. The fourth-order valence-corrected chi connectivity index (χ4v) is 5.30. The number of rotatable bonds is 8. The summed E-state index contributed by atoms with van der Waals surface area (Å²) in [5, 5.41) is 4.28. The van der Waals surface area contributed by atoms with Crippen molar-refractivity contribution >= 4 is 44.9 Å². The Kier molecular flexibility index (Phi) is 7.15. The van der Waals surface area contributed by atoms with Gasteiger partial charge in [-0.25, -0.2) is 4.98 Å². The lowest BCUT2D eigenvalue weighted by molar-refractivity contribution is -0.113. The first-order chi connectivity index (χ1) is 14.4. The number of fused-ring (bicyclic) bond motifs is 1. The van der Waals surface area contributed by atoms with Crippen LogP contribution in [0.15, 0.2) is 40.8 Å². The van der Waals surface area contributed by atoms with E-state index in [1.807, 2.05) is 32.0 Å². The molecule has 0 fully saturated rings. The van der Waals surface area contributed by atoms with E-state index in [-0.39, 0.29) is 17.2 Å². The highest BCUT2D eigenvalue weighted by Crippen LogP contribution is 2.29. The minimum atomic E-state index is -0.103. The average Bonchev–Trinajstić information content (AvgIpc) is 3.02. The largest absolute Gasteiger partial charge is 0.325 e. The smallest absolute Gasteiger partial charge is 0.263 e. The van der Waals surface area contributed by atoms with Crippen LogP contribution < -0.4 is 10.9 Å². The first-order valence-corrected chi connectivity index (χ1v) is 11.9. The number of thiophene rings is 1. The van der Waals surface area contributed by atoms with Crippen molar-refractivity contribution < 1.29 is 4.79 Å². The lowest BCUT2D eigenvalue weighted by Gasteiger charge is -2.15. The van der Waals surface area contributed by atoms with E-state index >= 15 is 0 Å². The summed E-state index contributed by atoms with van der Waals surface area (Å²) in [4.78, 5) is 32.3. The molecule has 1 aromatic carbocycles. The molecule has 0 aliphatic heterocycles. The van der Waals surface area contributed by atoms with Crippen LogP contribution in [0.1, 0.15) is 35.4 Å². The van der Waals surface area contributed by atoms with Gasteiger partial charge in [-0.05, 0) is 43.4 Å². The normalized spacial score (nSPS) is 11.1. The van der Waals surface area contributed by atoms with Crippen LogP contribution in [0.2, 0.25) is 0 Å². The molecule has 5 nitrogen and oxygen atoms in total. The Bertz CT molecular complexity index is 1140. The van der Waals surface area contributed by atoms with Gasteiger partial charge in [0.05, 0.1) is 11.1 Å². The molecule has 1 N–H and O–H groups in total. The molecule has 0 atom stereocenters. The Morgan fingerprint density at radius 3 is 2.53 bits per heavy atom. The van der Waals surface area contributed by atoms with Crippen LogP contribution in [0.4, 0.5) is 5.69 Å². The average molecular weight is 442 g/mol. The third-order valence-electron chi connectivity index (χ3n) is 5.16. The van der Waals surface area contributed by atoms with E-state index in [1.165, 1.54) is 23.1 Å². The molecule has 0 saturated carbocycles. The van der Waals surface area contributed by atoms with Crippen molar-refractivity contribution in [2.75, 3.05) is 11.1 Å². The van der Waals surface area contributed by atoms with Gasteiger partial charge in [0.25, 0.3) is 5.56 Å². The summed E-state index contributed by atoms with van der Waals surface area (Å²) in [6.45, 7) is 12.2. The van der Waals surface area contributed by atoms with Gasteiger partial charge in [-0.1, -0.05) is 49.9 Å². The van der Waals surface area contributed by atoms with E-state index in [4.69, 9.17) is 4.98 Å². The van der Waals surface area contributed by atoms with Crippen LogP contribution in [-0.2, 0) is 24.2 Å². The minimum absolute atomic E-state index is 0.0748. The number of hydrogen-bond acceptors (Lipinski definition) is 5. The molecule has 2 heterocycles. The van der Waals surface area contributed by atoms with E-state index in [2.05, 4.69) is 25.7 Å². The number of aromatic nitrogens is 2. The lowest BCUT2D eigenvalue weighted by Crippen LogP contribution is -2.24. The van der Waals surface area contributed by atoms with E-state index in [0.717, 1.165) is 44.9 Å². The van der Waals surface area contributed by atoms with Gasteiger partial charge in [-0.2, -0.15) is 0 Å². The number of allylic oxidation sites excluding steroid dienone is 1. The molecule has 158 valence electrons. The maximum atomic E-state index is 13.0. The van der Waals surface area contributed by atoms with Crippen LogP contribution in [0, 0.1) is 13.8 Å². The van der Waals surface area contributed by atoms with Crippen LogP contribution in [-0.4, -0.2) is 21.2 Å². The van der Waals surface area contributed by atoms with Gasteiger partial charge in [0.15, 0.2) is 5.16 Å². The third-order valence-corrected chi connectivity index (χ3v) is 7.24. The predicted octanol–water partition coefficient (Wildman–Crippen LogP) is 5.12. The fourth-order valence-electron chi connectivity index (χ4n) is 3.42. The Morgan fingerprint density at radius 2 is 1.93 bits per heavy atom. The van der Waals surface area contributed by atoms with Crippen molar-refractivity contribution in [2.45, 2.75) is 52.2 Å². The van der Waals surface area contributed by atoms with Gasteiger partial charge < -0.3 is 5.32 Å². The zero-order valence-electron chi connectivity index (χ0n) is 17.9. The topological polar surface area (TPSA) is 64.0 Å². The molecule has 0 spiro atoms. The molecule has 0 radical (unpaired) electrons. The number of aryl methyl sites for hydroxylation is 4. The summed E-state index contributed by atoms with van der Waals surface area (Å²) >= 11 is 2.80. The number of benzene rings is 1. The minimum Gasteiger partial charge on any atom is -0.325 e. The number of anilines is 1. The number of amides is 1. The Labute approximate surface area is 185 Å². The van der Waals surface area contributed by atoms with E-state index < -0.39 is 0 Å². The van der Waals surface area contributed by atoms with E-state index in [0.29, 0.717) is 17.1 Å². The van der Waals surface area contributed by atoms with Gasteiger partial charge in [0.2, 0.25) is 5.91 Å². The van der Waals surface area contributed by atoms with Gasteiger partial charge >= 0.3 is 0 Å². The first kappa shape index (κ1) is 22.3. The Morgan fingerprint density at radius 1 is 1.27 bits per heavy atom. The molecular weight excluding hydrogens is 414 g/mol. The molecule has 0 aliphatic carbocycles. The van der Waals surface area contributed by atoms with Gasteiger partial charge in [-0.3, -0.25) is 14.2 Å². The van der Waals surface area contributed by atoms with Crippen LogP contribution in [0.25, 0.3) is 10.2 Å². The summed E-state index contributed by atoms with van der Waals surface area (Å²) in [7, 11) is 0. The zero-order chi connectivity index (χ0) is 21.8. The molecule has 7 heteroatoms. The second kappa shape index (κ2) is 9.62. The van der Waals surface area contributed by atoms with Crippen molar-refractivity contribution in [1.29, 1.82) is 0 Å². The summed E-state index contributed by atoms with van der Waals surface area (Å²) in [6, 6.07) is 6.11. The van der Waals surface area contributed by atoms with Gasteiger partial charge in [0, 0.05) is 17.1 Å². The van der Waals surface area contributed by atoms with Crippen molar-refractivity contribution in [2.24, 2.45) is 0 Å². The summed E-state index contributed by atoms with van der Waals surface area (Å²) in [6.07, 6.45) is 3.38. The highest BCUT2D eigenvalue weighted by atomic mass is 32.2. The van der Waals surface area contributed by atoms with E-state index in [1.54, 1.807) is 10.6 Å². The molecule has 1 amide bonds. The third kappa shape index (κ3) is 4.37. The first-order valence-electron chi connectivity index (χ1n) is 10.1. The Hall–Kier alpha value is -2.38. The number of carbonyl (C=O) groups excluding carboxylic acids is 1. The summed E-state index contributed by atoms with van der Waals surface area (Å²) in [5.41, 5.74) is 4.06. The number of nitrogens with zero attached hydrogens (tertiary/aromatic N) is 2. The van der Waals surface area contributed by atoms with Crippen LogP contribution in [0.3, 0.4) is 0 Å². The van der Waals surface area contributed by atoms with Crippen molar-refractivity contribution in [3.63, 3.8) is 0 Å². The molecule has 0 unspecified atom stereocenters. The highest BCUT2D eigenvalue weighted by molar-refractivity contribution is 7.99. The zero-order valence-corrected chi connectivity index (χ0v) is 19.5. The molecule has 30 heavy (non-hydrogen) atoms. The number of para-hydroxylation sites is 1. The molecule has 0 bridgehead atoms. The SMILES string of the molecule is C=CCn1c(SCC(=O)Nc2c(CC)cccc2CC)nc2sc(C)c(C)c2c1=O. The second-order valence-corrected chi connectivity index (χ2v) is 9.20. The second-order valence-electron chi connectivity index (χ2n) is 7.06. The quantitative estimate of drug-likeness (QED) is 0.299. The van der Waals surface area contributed by atoms with Crippen LogP contribution in [0.5, 0.6) is 0 Å². The summed E-state index contributed by atoms with van der Waals surface area (Å²) in [5.74, 6) is 0.0771. The van der Waals surface area contributed by atoms with E-state index in [9.17, 15) is 9.59 Å². The standard InChI is InChI=1S/C23H27N3O2S2/c1-6-12-26-22(28)19-14(4)15(5)30-21(19)25-23(26)29-13-18(27)24-20-16(7-2)10-9-11-17(20)8-3/h6,9-11H,1,7-8,12-13H2,2-5H3,(H,24,27). The number of carbonyl (C=O) groups is 1. The maximum absolute atomic E-state index is 13.0. The maximum Gasteiger partial charge on any atom is 0.263 e. The predicted molar refractivity (Wildman–Crippen MR) is 128 cm³/mol. The summed E-state index contributed by atoms with van der Waals surface area (Å²) < 4.78 is 1.60. The molecular formula is C23H27N3O2S2. The van der Waals surface area contributed by atoms with Gasteiger partial charge in [0.1, 0.15) is 4.83 Å². The highest BCUT2D eigenvalue weighted by Gasteiger charge is 2.18. The number of nitrogens with one attached hydrogen (secondary N) is 1. The number of hydrogen-bond donors (Lipinski definition) is 1. The number of thioether (sulfide) groups is 1.